The molecular weight excluding hydrogens is 386 g/mol. The molecule has 0 N–H and O–H groups in total. The Balaban J connectivity index is 1.26. The first-order chi connectivity index (χ1) is 15.3. The van der Waals surface area contributed by atoms with E-state index in [1.54, 1.807) is 6.33 Å². The minimum absolute atomic E-state index is 0.146. The third-order valence-electron chi connectivity index (χ3n) is 7.15. The van der Waals surface area contributed by atoms with Crippen molar-refractivity contribution < 1.29 is 4.79 Å². The van der Waals surface area contributed by atoms with Crippen LogP contribution in [0.2, 0.25) is 0 Å². The van der Waals surface area contributed by atoms with Crippen LogP contribution in [0, 0.1) is 0 Å². The van der Waals surface area contributed by atoms with Crippen molar-refractivity contribution in [2.45, 2.75) is 51.0 Å². The molecular formula is C25H33N5O. The average molecular weight is 420 g/mol. The summed E-state index contributed by atoms with van der Waals surface area (Å²) >= 11 is 0. The molecule has 0 bridgehead atoms. The van der Waals surface area contributed by atoms with Crippen LogP contribution in [-0.4, -0.2) is 71.0 Å². The van der Waals surface area contributed by atoms with Gasteiger partial charge < -0.3 is 14.7 Å². The zero-order valence-electron chi connectivity index (χ0n) is 18.4. The molecule has 0 unspecified atom stereocenters. The minimum Gasteiger partial charge on any atom is -0.357 e. The number of hydrogen-bond donors (Lipinski definition) is 0. The van der Waals surface area contributed by atoms with Gasteiger partial charge in [-0.25, -0.2) is 9.97 Å². The number of benzene rings is 1. The van der Waals surface area contributed by atoms with Gasteiger partial charge in [0.2, 0.25) is 0 Å². The van der Waals surface area contributed by atoms with Crippen LogP contribution in [-0.2, 0) is 0 Å². The fraction of sp³-hybridized carbons (Fsp3) is 0.560. The van der Waals surface area contributed by atoms with E-state index in [9.17, 15) is 4.79 Å². The zero-order valence-corrected chi connectivity index (χ0v) is 18.4. The Labute approximate surface area is 185 Å². The molecule has 0 saturated carbocycles. The molecule has 0 atom stereocenters. The molecule has 3 fully saturated rings. The lowest BCUT2D eigenvalue weighted by molar-refractivity contribution is 0.0590. The van der Waals surface area contributed by atoms with E-state index in [0.717, 1.165) is 61.7 Å². The van der Waals surface area contributed by atoms with E-state index in [1.807, 2.05) is 29.2 Å². The molecule has 164 valence electrons. The molecule has 1 amide bonds. The van der Waals surface area contributed by atoms with Crippen LogP contribution in [0.25, 0.3) is 11.3 Å². The highest BCUT2D eigenvalue weighted by Gasteiger charge is 2.28. The molecule has 31 heavy (non-hydrogen) atoms. The standard InChI is InChI=1S/C25H33N5O/c31-25(30-15-9-22(10-16-30)28-11-2-1-3-12-28)21-8-6-7-20(17-21)23-18-24(27-19-26-23)29-13-4-5-14-29/h6-8,17-19,22H,1-5,9-16H2. The monoisotopic (exact) mass is 419 g/mol. The summed E-state index contributed by atoms with van der Waals surface area (Å²) in [6.45, 7) is 6.30. The topological polar surface area (TPSA) is 52.6 Å². The lowest BCUT2D eigenvalue weighted by Gasteiger charge is -2.40. The lowest BCUT2D eigenvalue weighted by atomic mass is 9.99. The Morgan fingerprint density at radius 2 is 1.58 bits per heavy atom. The van der Waals surface area contributed by atoms with E-state index in [4.69, 9.17) is 0 Å². The summed E-state index contributed by atoms with van der Waals surface area (Å²) in [6.07, 6.45) is 10.3. The van der Waals surface area contributed by atoms with Gasteiger partial charge in [0, 0.05) is 49.4 Å². The second kappa shape index (κ2) is 9.35. The number of amides is 1. The van der Waals surface area contributed by atoms with Gasteiger partial charge in [-0.3, -0.25) is 4.79 Å². The van der Waals surface area contributed by atoms with Crippen molar-refractivity contribution in [3.63, 3.8) is 0 Å². The predicted octanol–water partition coefficient (Wildman–Crippen LogP) is 3.83. The van der Waals surface area contributed by atoms with Crippen LogP contribution < -0.4 is 4.90 Å². The van der Waals surface area contributed by atoms with Gasteiger partial charge in [-0.1, -0.05) is 18.6 Å². The van der Waals surface area contributed by atoms with Crippen molar-refractivity contribution in [2.24, 2.45) is 0 Å². The molecule has 6 nitrogen and oxygen atoms in total. The number of carbonyl (C=O) groups excluding carboxylic acids is 1. The summed E-state index contributed by atoms with van der Waals surface area (Å²) in [5, 5.41) is 0. The maximum absolute atomic E-state index is 13.2. The van der Waals surface area contributed by atoms with Gasteiger partial charge >= 0.3 is 0 Å². The van der Waals surface area contributed by atoms with E-state index in [2.05, 4.69) is 25.8 Å². The highest BCUT2D eigenvalue weighted by Crippen LogP contribution is 2.26. The van der Waals surface area contributed by atoms with Gasteiger partial charge in [0.25, 0.3) is 5.91 Å². The Hall–Kier alpha value is -2.47. The molecule has 3 aliphatic rings. The van der Waals surface area contributed by atoms with Gasteiger partial charge in [0.05, 0.1) is 5.69 Å². The zero-order chi connectivity index (χ0) is 21.0. The van der Waals surface area contributed by atoms with Crippen LogP contribution in [0.15, 0.2) is 36.7 Å². The quantitative estimate of drug-likeness (QED) is 0.754. The van der Waals surface area contributed by atoms with Crippen molar-refractivity contribution >= 4 is 11.7 Å². The second-order valence-corrected chi connectivity index (χ2v) is 9.16. The van der Waals surface area contributed by atoms with Crippen molar-refractivity contribution in [1.82, 2.24) is 19.8 Å². The van der Waals surface area contributed by atoms with E-state index in [1.165, 1.54) is 45.2 Å². The number of anilines is 1. The van der Waals surface area contributed by atoms with Gasteiger partial charge in [0.15, 0.2) is 0 Å². The maximum Gasteiger partial charge on any atom is 0.253 e. The number of hydrogen-bond acceptors (Lipinski definition) is 5. The van der Waals surface area contributed by atoms with Crippen LogP contribution in [0.4, 0.5) is 5.82 Å². The third kappa shape index (κ3) is 4.59. The Bertz CT molecular complexity index is 896. The van der Waals surface area contributed by atoms with Crippen LogP contribution in [0.5, 0.6) is 0 Å². The molecule has 5 rings (SSSR count). The van der Waals surface area contributed by atoms with Crippen molar-refractivity contribution in [3.05, 3.63) is 42.2 Å². The molecule has 3 saturated heterocycles. The second-order valence-electron chi connectivity index (χ2n) is 9.16. The van der Waals surface area contributed by atoms with E-state index >= 15 is 0 Å². The van der Waals surface area contributed by atoms with Crippen molar-refractivity contribution in [2.75, 3.05) is 44.2 Å². The number of aromatic nitrogens is 2. The minimum atomic E-state index is 0.146. The van der Waals surface area contributed by atoms with Gasteiger partial charge in [-0.15, -0.1) is 0 Å². The number of piperidine rings is 2. The Morgan fingerprint density at radius 1 is 0.839 bits per heavy atom. The number of carbonyl (C=O) groups is 1. The first kappa shape index (κ1) is 20.4. The molecule has 1 aromatic carbocycles. The summed E-state index contributed by atoms with van der Waals surface area (Å²) in [4.78, 5) is 29.2. The smallest absolute Gasteiger partial charge is 0.253 e. The lowest BCUT2D eigenvalue weighted by Crippen LogP contribution is -2.48. The van der Waals surface area contributed by atoms with E-state index in [-0.39, 0.29) is 5.91 Å². The molecule has 2 aromatic rings. The van der Waals surface area contributed by atoms with Crippen molar-refractivity contribution in [1.29, 1.82) is 0 Å². The van der Waals surface area contributed by atoms with E-state index in [0.29, 0.717) is 6.04 Å². The van der Waals surface area contributed by atoms with Crippen LogP contribution in [0.3, 0.4) is 0 Å². The summed E-state index contributed by atoms with van der Waals surface area (Å²) in [7, 11) is 0. The van der Waals surface area contributed by atoms with Gasteiger partial charge in [-0.2, -0.15) is 0 Å². The normalized spacial score (nSPS) is 20.9. The van der Waals surface area contributed by atoms with E-state index < -0.39 is 0 Å². The molecule has 0 radical (unpaired) electrons. The van der Waals surface area contributed by atoms with Crippen LogP contribution in [0.1, 0.15) is 55.3 Å². The number of likely N-dealkylation sites (tertiary alicyclic amines) is 2. The summed E-state index contributed by atoms with van der Waals surface area (Å²) < 4.78 is 0. The summed E-state index contributed by atoms with van der Waals surface area (Å²) in [5.41, 5.74) is 2.63. The first-order valence-electron chi connectivity index (χ1n) is 12.0. The van der Waals surface area contributed by atoms with Crippen molar-refractivity contribution in [3.8, 4) is 11.3 Å². The highest BCUT2D eigenvalue weighted by molar-refractivity contribution is 5.95. The third-order valence-corrected chi connectivity index (χ3v) is 7.15. The summed E-state index contributed by atoms with van der Waals surface area (Å²) in [6, 6.07) is 10.6. The molecule has 1 aromatic heterocycles. The predicted molar refractivity (Wildman–Crippen MR) is 123 cm³/mol. The largest absolute Gasteiger partial charge is 0.357 e. The number of nitrogens with zero attached hydrogens (tertiary/aromatic N) is 5. The molecule has 6 heteroatoms. The molecule has 0 aliphatic carbocycles. The van der Waals surface area contributed by atoms with Gasteiger partial charge in [-0.05, 0) is 63.7 Å². The average Bonchev–Trinajstić information content (AvgIpc) is 3.40. The maximum atomic E-state index is 13.2. The fourth-order valence-electron chi connectivity index (χ4n) is 5.34. The molecule has 0 spiro atoms. The highest BCUT2D eigenvalue weighted by atomic mass is 16.2. The fourth-order valence-corrected chi connectivity index (χ4v) is 5.34. The van der Waals surface area contributed by atoms with Gasteiger partial charge in [0.1, 0.15) is 12.1 Å². The molecule has 4 heterocycles. The molecule has 3 aliphatic heterocycles. The SMILES string of the molecule is O=C(c1cccc(-c2cc(N3CCCC3)ncn2)c1)N1CCC(N2CCCCC2)CC1. The van der Waals surface area contributed by atoms with Crippen LogP contribution >= 0.6 is 0 Å². The first-order valence-corrected chi connectivity index (χ1v) is 12.0. The Morgan fingerprint density at radius 3 is 2.35 bits per heavy atom. The Kier molecular flexibility index (Phi) is 6.16. The number of rotatable bonds is 4. The summed E-state index contributed by atoms with van der Waals surface area (Å²) in [5.74, 6) is 1.13.